The van der Waals surface area contributed by atoms with E-state index in [1.54, 1.807) is 29.2 Å². The number of Topliss-reactive ketones (excluding diaryl/α,β-unsaturated/α-hetero) is 2. The molecular formula is C27H26N2O3. The third kappa shape index (κ3) is 3.68. The highest BCUT2D eigenvalue weighted by molar-refractivity contribution is 6.11. The molecule has 5 heteroatoms. The lowest BCUT2D eigenvalue weighted by atomic mass is 9.87. The standard InChI is InChI=1S/C27H26N2O3/c1-17(30)20-6-2-8-22(15-20)28-27(32)29-14-4-7-21(16-29)26(31)24-13-12-19-11-10-18-5-3-9-23(24)25(18)19/h2-3,5-6,8-9,12-13,15,21H,4,7,10-11,14,16H2,1H3,(H,28,32). The number of benzene rings is 3. The first-order valence-corrected chi connectivity index (χ1v) is 11.3. The van der Waals surface area contributed by atoms with Crippen molar-refractivity contribution < 1.29 is 14.4 Å². The van der Waals surface area contributed by atoms with Crippen molar-refractivity contribution in [2.45, 2.75) is 32.6 Å². The van der Waals surface area contributed by atoms with E-state index in [0.717, 1.165) is 36.6 Å². The third-order valence-electron chi connectivity index (χ3n) is 6.74. The molecule has 1 unspecified atom stereocenters. The van der Waals surface area contributed by atoms with Crippen molar-refractivity contribution in [2.24, 2.45) is 5.92 Å². The molecule has 0 radical (unpaired) electrons. The second-order valence-corrected chi connectivity index (χ2v) is 8.83. The molecule has 1 aliphatic carbocycles. The highest BCUT2D eigenvalue weighted by atomic mass is 16.2. The summed E-state index contributed by atoms with van der Waals surface area (Å²) in [5.74, 6) is -0.136. The van der Waals surface area contributed by atoms with E-state index < -0.39 is 0 Å². The van der Waals surface area contributed by atoms with Gasteiger partial charge in [-0.15, -0.1) is 0 Å². The average Bonchev–Trinajstić information content (AvgIpc) is 3.24. The Hall–Kier alpha value is -3.47. The van der Waals surface area contributed by atoms with E-state index in [2.05, 4.69) is 23.5 Å². The van der Waals surface area contributed by atoms with Gasteiger partial charge in [0.25, 0.3) is 0 Å². The SMILES string of the molecule is CC(=O)c1cccc(NC(=O)N2CCCC(C(=O)c3ccc4c5c(cccc35)CC4)C2)c1. The van der Waals surface area contributed by atoms with Crippen molar-refractivity contribution >= 4 is 34.1 Å². The van der Waals surface area contributed by atoms with Gasteiger partial charge in [-0.2, -0.15) is 0 Å². The average molecular weight is 427 g/mol. The summed E-state index contributed by atoms with van der Waals surface area (Å²) in [6.07, 6.45) is 3.64. The maximum absolute atomic E-state index is 13.5. The fourth-order valence-electron chi connectivity index (χ4n) is 5.08. The summed E-state index contributed by atoms with van der Waals surface area (Å²) in [7, 11) is 0. The molecule has 1 fully saturated rings. The van der Waals surface area contributed by atoms with Crippen molar-refractivity contribution in [2.75, 3.05) is 18.4 Å². The zero-order valence-electron chi connectivity index (χ0n) is 18.2. The molecule has 3 aromatic carbocycles. The molecule has 5 nitrogen and oxygen atoms in total. The number of urea groups is 1. The number of nitrogens with zero attached hydrogens (tertiary/aromatic N) is 1. The summed E-state index contributed by atoms with van der Waals surface area (Å²) in [6.45, 7) is 2.52. The molecule has 0 aromatic heterocycles. The number of carbonyl (C=O) groups excluding carboxylic acids is 3. The Morgan fingerprint density at radius 3 is 2.56 bits per heavy atom. The van der Waals surface area contributed by atoms with Crippen LogP contribution in [0.4, 0.5) is 10.5 Å². The van der Waals surface area contributed by atoms with Crippen LogP contribution in [0.5, 0.6) is 0 Å². The minimum absolute atomic E-state index is 0.0462. The number of piperidine rings is 1. The van der Waals surface area contributed by atoms with E-state index in [0.29, 0.717) is 24.3 Å². The fourth-order valence-corrected chi connectivity index (χ4v) is 5.08. The molecular weight excluding hydrogens is 400 g/mol. The molecule has 32 heavy (non-hydrogen) atoms. The van der Waals surface area contributed by atoms with Gasteiger partial charge in [0.1, 0.15) is 0 Å². The topological polar surface area (TPSA) is 66.5 Å². The van der Waals surface area contributed by atoms with Crippen LogP contribution in [0.1, 0.15) is 51.6 Å². The zero-order valence-corrected chi connectivity index (χ0v) is 18.2. The van der Waals surface area contributed by atoms with Crippen LogP contribution in [0.25, 0.3) is 10.8 Å². The molecule has 1 heterocycles. The normalized spacial score (nSPS) is 17.4. The zero-order chi connectivity index (χ0) is 22.2. The van der Waals surface area contributed by atoms with Crippen molar-refractivity contribution in [3.8, 4) is 0 Å². The first-order chi connectivity index (χ1) is 15.5. The number of aryl methyl sites for hydroxylation is 2. The van der Waals surface area contributed by atoms with Gasteiger partial charge in [-0.25, -0.2) is 4.79 Å². The van der Waals surface area contributed by atoms with E-state index in [9.17, 15) is 14.4 Å². The third-order valence-corrected chi connectivity index (χ3v) is 6.74. The van der Waals surface area contributed by atoms with Crippen LogP contribution in [0.3, 0.4) is 0 Å². The number of nitrogens with one attached hydrogen (secondary N) is 1. The van der Waals surface area contributed by atoms with Crippen molar-refractivity contribution in [1.29, 1.82) is 0 Å². The molecule has 0 saturated carbocycles. The monoisotopic (exact) mass is 426 g/mol. The highest BCUT2D eigenvalue weighted by Crippen LogP contribution is 2.34. The minimum Gasteiger partial charge on any atom is -0.324 e. The minimum atomic E-state index is -0.233. The van der Waals surface area contributed by atoms with Crippen LogP contribution in [0.15, 0.2) is 54.6 Å². The van der Waals surface area contributed by atoms with Gasteiger partial charge in [0.15, 0.2) is 11.6 Å². The number of amides is 2. The molecule has 1 N–H and O–H groups in total. The fraction of sp³-hybridized carbons (Fsp3) is 0.296. The van der Waals surface area contributed by atoms with Crippen LogP contribution >= 0.6 is 0 Å². The molecule has 0 bridgehead atoms. The molecule has 1 aliphatic heterocycles. The van der Waals surface area contributed by atoms with Gasteiger partial charge < -0.3 is 10.2 Å². The maximum atomic E-state index is 13.5. The van der Waals surface area contributed by atoms with E-state index in [-0.39, 0.29) is 23.5 Å². The summed E-state index contributed by atoms with van der Waals surface area (Å²) in [4.78, 5) is 39.7. The molecule has 1 atom stereocenters. The van der Waals surface area contributed by atoms with Gasteiger partial charge in [0.2, 0.25) is 0 Å². The Balaban J connectivity index is 1.34. The van der Waals surface area contributed by atoms with E-state index in [1.807, 2.05) is 12.1 Å². The molecule has 3 aromatic rings. The summed E-state index contributed by atoms with van der Waals surface area (Å²) in [5, 5.41) is 5.17. The lowest BCUT2D eigenvalue weighted by molar-refractivity contribution is 0.0852. The molecule has 1 saturated heterocycles. The first kappa shape index (κ1) is 20.4. The van der Waals surface area contributed by atoms with Crippen molar-refractivity contribution in [1.82, 2.24) is 4.90 Å². The lowest BCUT2D eigenvalue weighted by Gasteiger charge is -2.32. The Morgan fingerprint density at radius 1 is 0.969 bits per heavy atom. The number of carbonyl (C=O) groups is 3. The number of likely N-dealkylation sites (tertiary alicyclic amines) is 1. The molecule has 5 rings (SSSR count). The van der Waals surface area contributed by atoms with Crippen LogP contribution in [0, 0.1) is 5.92 Å². The highest BCUT2D eigenvalue weighted by Gasteiger charge is 2.30. The summed E-state index contributed by atoms with van der Waals surface area (Å²) in [6, 6.07) is 17.0. The second kappa shape index (κ2) is 8.23. The molecule has 0 spiro atoms. The van der Waals surface area contributed by atoms with Crippen molar-refractivity contribution in [3.05, 3.63) is 76.9 Å². The van der Waals surface area contributed by atoms with Gasteiger partial charge in [0.05, 0.1) is 0 Å². The van der Waals surface area contributed by atoms with Gasteiger partial charge in [-0.3, -0.25) is 9.59 Å². The summed E-state index contributed by atoms with van der Waals surface area (Å²) in [5.41, 5.74) is 4.56. The lowest BCUT2D eigenvalue weighted by Crippen LogP contribution is -2.44. The smallest absolute Gasteiger partial charge is 0.321 e. The summed E-state index contributed by atoms with van der Waals surface area (Å²) >= 11 is 0. The number of anilines is 1. The van der Waals surface area contributed by atoms with Gasteiger partial charge in [-0.05, 0) is 66.6 Å². The van der Waals surface area contributed by atoms with Crippen LogP contribution in [-0.4, -0.2) is 35.6 Å². The largest absolute Gasteiger partial charge is 0.324 e. The van der Waals surface area contributed by atoms with Crippen LogP contribution in [0.2, 0.25) is 0 Å². The van der Waals surface area contributed by atoms with Gasteiger partial charge >= 0.3 is 6.03 Å². The predicted octanol–water partition coefficient (Wildman–Crippen LogP) is 5.27. The van der Waals surface area contributed by atoms with E-state index in [4.69, 9.17) is 0 Å². The van der Waals surface area contributed by atoms with Crippen LogP contribution < -0.4 is 5.32 Å². The Labute approximate surface area is 187 Å². The van der Waals surface area contributed by atoms with Crippen LogP contribution in [-0.2, 0) is 12.8 Å². The number of hydrogen-bond acceptors (Lipinski definition) is 3. The predicted molar refractivity (Wildman–Crippen MR) is 125 cm³/mol. The molecule has 162 valence electrons. The molecule has 2 aliphatic rings. The van der Waals surface area contributed by atoms with E-state index >= 15 is 0 Å². The van der Waals surface area contributed by atoms with Gasteiger partial charge in [0, 0.05) is 35.8 Å². The second-order valence-electron chi connectivity index (χ2n) is 8.83. The van der Waals surface area contributed by atoms with Crippen molar-refractivity contribution in [3.63, 3.8) is 0 Å². The quantitative estimate of drug-likeness (QED) is 0.578. The first-order valence-electron chi connectivity index (χ1n) is 11.3. The number of hydrogen-bond donors (Lipinski definition) is 1. The molecule has 2 amide bonds. The summed E-state index contributed by atoms with van der Waals surface area (Å²) < 4.78 is 0. The van der Waals surface area contributed by atoms with Gasteiger partial charge in [-0.1, -0.05) is 42.5 Å². The van der Waals surface area contributed by atoms with E-state index in [1.165, 1.54) is 23.4 Å². The Kier molecular flexibility index (Phi) is 5.25. The Morgan fingerprint density at radius 2 is 1.75 bits per heavy atom. The maximum Gasteiger partial charge on any atom is 0.321 e. The number of ketones is 2. The number of rotatable bonds is 4. The Bertz CT molecular complexity index is 1240.